The molecule has 0 aliphatic heterocycles. The summed E-state index contributed by atoms with van der Waals surface area (Å²) in [4.78, 5) is 0. The number of nitrogens with one attached hydrogen (secondary N) is 3. The molecule has 6 nitrogen and oxygen atoms in total. The van der Waals surface area contributed by atoms with Crippen molar-refractivity contribution in [3.63, 3.8) is 0 Å². The summed E-state index contributed by atoms with van der Waals surface area (Å²) in [5.41, 5.74) is 4.48. The zero-order chi connectivity index (χ0) is 19.9. The quantitative estimate of drug-likeness (QED) is 0.251. The molecule has 0 aliphatic rings. The smallest absolute Gasteiger partial charge is 0.120 e. The predicted octanol–water partition coefficient (Wildman–Crippen LogP) is 3.36. The molecule has 0 bridgehead atoms. The van der Waals surface area contributed by atoms with Gasteiger partial charge in [-0.25, -0.2) is 0 Å². The minimum absolute atomic E-state index is 0.0303. The number of aliphatic hydroxyl groups is 1. The van der Waals surface area contributed by atoms with Crippen molar-refractivity contribution in [2.75, 3.05) is 63.3 Å². The lowest BCUT2D eigenvalue weighted by molar-refractivity contribution is -0.870. The number of hydrogen-bond acceptors (Lipinski definition) is 5. The summed E-state index contributed by atoms with van der Waals surface area (Å²) in [6.45, 7) is 4.40. The van der Waals surface area contributed by atoms with Crippen LogP contribution in [0.2, 0.25) is 0 Å². The normalized spacial score (nSPS) is 11.3. The van der Waals surface area contributed by atoms with Crippen molar-refractivity contribution in [2.24, 2.45) is 0 Å². The van der Waals surface area contributed by atoms with E-state index >= 15 is 0 Å². The van der Waals surface area contributed by atoms with Crippen molar-refractivity contribution in [3.05, 3.63) is 42.0 Å². The van der Waals surface area contributed by atoms with E-state index in [1.54, 1.807) is 6.07 Å². The maximum absolute atomic E-state index is 9.94. The number of phenols is 1. The largest absolute Gasteiger partial charge is 0.508 e. The summed E-state index contributed by atoms with van der Waals surface area (Å²) in [6, 6.07) is 11.7. The van der Waals surface area contributed by atoms with E-state index in [1.165, 1.54) is 0 Å². The average Bonchev–Trinajstić information content (AvgIpc) is 2.61. The molecule has 5 N–H and O–H groups in total. The Morgan fingerprint density at radius 1 is 0.889 bits per heavy atom. The van der Waals surface area contributed by atoms with Gasteiger partial charge in [0, 0.05) is 37.0 Å². The summed E-state index contributed by atoms with van der Waals surface area (Å²) in [6.07, 6.45) is 1.12. The van der Waals surface area contributed by atoms with Gasteiger partial charge in [-0.3, -0.25) is 0 Å². The van der Waals surface area contributed by atoms with Gasteiger partial charge >= 0.3 is 0 Å². The number of anilines is 4. The maximum atomic E-state index is 9.94. The Kier molecular flexibility index (Phi) is 7.33. The lowest BCUT2D eigenvalue weighted by atomic mass is 10.1. The second kappa shape index (κ2) is 9.48. The molecule has 148 valence electrons. The standard InChI is InChI=1S/C21H32N4O2/c1-16-14-20(19(15-21(16)27)23-11-13-26)24-18-8-6-17(7-9-18)22-10-5-12-25(2,3)4/h6-9,14-15,22-24,26H,5,10-13H2,1-4H3/p+1. The van der Waals surface area contributed by atoms with E-state index in [9.17, 15) is 5.11 Å². The van der Waals surface area contributed by atoms with Crippen LogP contribution in [-0.4, -0.2) is 62.1 Å². The van der Waals surface area contributed by atoms with E-state index in [1.807, 2.05) is 25.1 Å². The van der Waals surface area contributed by atoms with E-state index in [2.05, 4.69) is 49.2 Å². The molecule has 0 aromatic heterocycles. The van der Waals surface area contributed by atoms with Crippen molar-refractivity contribution in [1.82, 2.24) is 0 Å². The number of nitrogens with zero attached hydrogens (tertiary/aromatic N) is 1. The van der Waals surface area contributed by atoms with Crippen LogP contribution in [0.1, 0.15) is 12.0 Å². The fraction of sp³-hybridized carbons (Fsp3) is 0.429. The third-order valence-corrected chi connectivity index (χ3v) is 4.26. The third kappa shape index (κ3) is 7.00. The number of hydrogen-bond donors (Lipinski definition) is 5. The minimum Gasteiger partial charge on any atom is -0.508 e. The monoisotopic (exact) mass is 373 g/mol. The van der Waals surface area contributed by atoms with E-state index in [0.29, 0.717) is 6.54 Å². The fourth-order valence-corrected chi connectivity index (χ4v) is 2.75. The molecule has 6 heteroatoms. The average molecular weight is 374 g/mol. The summed E-state index contributed by atoms with van der Waals surface area (Å²) in [7, 11) is 6.61. The number of rotatable bonds is 10. The van der Waals surface area contributed by atoms with Gasteiger partial charge in [0.1, 0.15) is 5.75 Å². The fourth-order valence-electron chi connectivity index (χ4n) is 2.75. The molecular weight excluding hydrogens is 340 g/mol. The Balaban J connectivity index is 1.98. The van der Waals surface area contributed by atoms with Crippen LogP contribution in [0.4, 0.5) is 22.7 Å². The zero-order valence-electron chi connectivity index (χ0n) is 16.8. The first-order chi connectivity index (χ1) is 12.8. The summed E-state index contributed by atoms with van der Waals surface area (Å²) >= 11 is 0. The molecule has 2 rings (SSSR count). The van der Waals surface area contributed by atoms with Crippen LogP contribution in [0.25, 0.3) is 0 Å². The van der Waals surface area contributed by atoms with E-state index in [0.717, 1.165) is 52.3 Å². The summed E-state index contributed by atoms with van der Waals surface area (Å²) < 4.78 is 0.975. The lowest BCUT2D eigenvalue weighted by Crippen LogP contribution is -2.36. The number of aryl methyl sites for hydroxylation is 1. The van der Waals surface area contributed by atoms with Crippen LogP contribution in [0.15, 0.2) is 36.4 Å². The van der Waals surface area contributed by atoms with Crippen LogP contribution in [0.3, 0.4) is 0 Å². The molecule has 0 spiro atoms. The molecule has 0 saturated carbocycles. The molecule has 27 heavy (non-hydrogen) atoms. The van der Waals surface area contributed by atoms with Gasteiger partial charge in [0.25, 0.3) is 0 Å². The summed E-state index contributed by atoms with van der Waals surface area (Å²) in [5.74, 6) is 0.231. The highest BCUT2D eigenvalue weighted by Crippen LogP contribution is 2.32. The first-order valence-electron chi connectivity index (χ1n) is 9.38. The van der Waals surface area contributed by atoms with E-state index < -0.39 is 0 Å². The molecule has 0 aliphatic carbocycles. The van der Waals surface area contributed by atoms with Crippen LogP contribution in [0, 0.1) is 6.92 Å². The first-order valence-corrected chi connectivity index (χ1v) is 9.38. The van der Waals surface area contributed by atoms with Gasteiger partial charge in [0.15, 0.2) is 0 Å². The second-order valence-electron chi connectivity index (χ2n) is 7.83. The molecule has 0 fully saturated rings. The Morgan fingerprint density at radius 2 is 1.56 bits per heavy atom. The Labute approximate surface area is 162 Å². The van der Waals surface area contributed by atoms with Gasteiger partial charge in [0.2, 0.25) is 0 Å². The van der Waals surface area contributed by atoms with Crippen molar-refractivity contribution in [2.45, 2.75) is 13.3 Å². The second-order valence-corrected chi connectivity index (χ2v) is 7.83. The van der Waals surface area contributed by atoms with Gasteiger partial charge < -0.3 is 30.6 Å². The zero-order valence-corrected chi connectivity index (χ0v) is 16.8. The number of aromatic hydroxyl groups is 1. The van der Waals surface area contributed by atoms with Crippen molar-refractivity contribution >= 4 is 22.7 Å². The van der Waals surface area contributed by atoms with Crippen LogP contribution in [0.5, 0.6) is 5.75 Å². The number of aliphatic hydroxyl groups excluding tert-OH is 1. The SMILES string of the molecule is Cc1cc(Nc2ccc(NCCC[N+](C)(C)C)cc2)c(NCCO)cc1O. The van der Waals surface area contributed by atoms with Gasteiger partial charge in [-0.2, -0.15) is 0 Å². The van der Waals surface area contributed by atoms with Crippen LogP contribution < -0.4 is 16.0 Å². The molecule has 0 saturated heterocycles. The third-order valence-electron chi connectivity index (χ3n) is 4.26. The Morgan fingerprint density at radius 3 is 2.19 bits per heavy atom. The van der Waals surface area contributed by atoms with Crippen molar-refractivity contribution in [1.29, 1.82) is 0 Å². The topological polar surface area (TPSA) is 76.5 Å². The minimum atomic E-state index is 0.0303. The predicted molar refractivity (Wildman–Crippen MR) is 114 cm³/mol. The highest BCUT2D eigenvalue weighted by atomic mass is 16.3. The number of benzene rings is 2. The molecule has 0 atom stereocenters. The number of quaternary nitrogens is 1. The molecule has 2 aromatic carbocycles. The van der Waals surface area contributed by atoms with Gasteiger partial charge in [-0.05, 0) is 42.8 Å². The summed E-state index contributed by atoms with van der Waals surface area (Å²) in [5, 5.41) is 28.9. The molecular formula is C21H33N4O2+. The first kappa shape index (κ1) is 20.9. The molecule has 0 radical (unpaired) electrons. The molecule has 0 heterocycles. The van der Waals surface area contributed by atoms with Crippen molar-refractivity contribution in [3.8, 4) is 5.75 Å². The highest BCUT2D eigenvalue weighted by molar-refractivity contribution is 5.77. The van der Waals surface area contributed by atoms with Gasteiger partial charge in [0.05, 0.1) is 45.7 Å². The van der Waals surface area contributed by atoms with Gasteiger partial charge in [-0.15, -0.1) is 0 Å². The lowest BCUT2D eigenvalue weighted by Gasteiger charge is -2.23. The van der Waals surface area contributed by atoms with Crippen LogP contribution in [-0.2, 0) is 0 Å². The molecule has 0 unspecified atom stereocenters. The maximum Gasteiger partial charge on any atom is 0.120 e. The highest BCUT2D eigenvalue weighted by Gasteiger charge is 2.08. The Bertz CT molecular complexity index is 724. The van der Waals surface area contributed by atoms with E-state index in [-0.39, 0.29) is 12.4 Å². The van der Waals surface area contributed by atoms with Crippen LogP contribution >= 0.6 is 0 Å². The Hall–Kier alpha value is -2.44. The number of phenolic OH excluding ortho intramolecular Hbond substituents is 1. The van der Waals surface area contributed by atoms with E-state index in [4.69, 9.17) is 5.11 Å². The van der Waals surface area contributed by atoms with Gasteiger partial charge in [-0.1, -0.05) is 0 Å². The van der Waals surface area contributed by atoms with Crippen molar-refractivity contribution < 1.29 is 14.7 Å². The molecule has 2 aromatic rings. The molecule has 0 amide bonds.